The van der Waals surface area contributed by atoms with Crippen LogP contribution < -0.4 is 14.5 Å². The number of hydrogen-bond donors (Lipinski definition) is 0. The summed E-state index contributed by atoms with van der Waals surface area (Å²) in [5, 5.41) is 0. The molecule has 14 rings (SSSR count). The maximum absolute atomic E-state index is 9.05. The van der Waals surface area contributed by atoms with Gasteiger partial charge in [-0.1, -0.05) is 120 Å². The second-order valence-corrected chi connectivity index (χ2v) is 25.3. The Kier molecular flexibility index (Phi) is 13.0. The minimum Gasteiger partial charge on any atom is -0.0616 e. The Morgan fingerprint density at radius 1 is 0.443 bits per heavy atom. The number of rotatable bonds is 9. The fraction of sp³-hybridized carbons (Fsp3) is 0.111. The first-order valence-corrected chi connectivity index (χ1v) is 30.7. The van der Waals surface area contributed by atoms with Gasteiger partial charge in [-0.2, -0.15) is 0 Å². The molecular formula is C81H65N5OPt-2. The average molecular weight is 1320 g/mol. The topological polar surface area (TPSA) is 38.5 Å². The smallest absolute Gasteiger partial charge is 0.0616 e. The van der Waals surface area contributed by atoms with Crippen LogP contribution in [-0.4, -0.2) is 14.1 Å². The summed E-state index contributed by atoms with van der Waals surface area (Å²) in [6.45, 7) is 15.3. The van der Waals surface area contributed by atoms with Gasteiger partial charge in [-0.3, -0.25) is 0 Å². The summed E-state index contributed by atoms with van der Waals surface area (Å²) >= 11 is 2.46. The first-order chi connectivity index (χ1) is 44.8. The average Bonchev–Trinajstić information content (AvgIpc) is 1.73. The molecule has 1 aliphatic rings. The molecule has 0 bridgehead atoms. The van der Waals surface area contributed by atoms with E-state index in [4.69, 9.17) is 16.6 Å². The Hall–Kier alpha value is -9.87. The fourth-order valence-electron chi connectivity index (χ4n) is 12.1. The molecule has 0 unspecified atom stereocenters. The molecule has 7 heteroatoms. The van der Waals surface area contributed by atoms with Gasteiger partial charge in [0.2, 0.25) is 0 Å². The van der Waals surface area contributed by atoms with Gasteiger partial charge in [0.25, 0.3) is 0 Å². The Morgan fingerprint density at radius 3 is 1.60 bits per heavy atom. The van der Waals surface area contributed by atoms with E-state index in [1.54, 1.807) is 6.20 Å². The Bertz CT molecular complexity index is 5060. The van der Waals surface area contributed by atoms with Crippen LogP contribution in [0.2, 0.25) is 0 Å². The summed E-state index contributed by atoms with van der Waals surface area (Å²) in [4.78, 5) is 9.80. The van der Waals surface area contributed by atoms with E-state index in [1.807, 2.05) is 43.3 Å². The van der Waals surface area contributed by atoms with Crippen molar-refractivity contribution >= 4 is 45.3 Å². The van der Waals surface area contributed by atoms with Crippen LogP contribution in [0.5, 0.6) is 11.5 Å². The monoisotopic (exact) mass is 1320 g/mol. The van der Waals surface area contributed by atoms with Crippen molar-refractivity contribution < 1.29 is 30.9 Å². The number of anilines is 6. The van der Waals surface area contributed by atoms with Crippen LogP contribution in [0.25, 0.3) is 78.0 Å². The molecule has 432 valence electrons. The summed E-state index contributed by atoms with van der Waals surface area (Å²) < 4.78 is 56.5. The molecule has 0 radical (unpaired) electrons. The van der Waals surface area contributed by atoms with Crippen LogP contribution in [0.1, 0.15) is 65.1 Å². The molecule has 0 N–H and O–H groups in total. The maximum atomic E-state index is 9.05. The number of para-hydroxylation sites is 5. The zero-order chi connectivity index (χ0) is 64.6. The zero-order valence-corrected chi connectivity index (χ0v) is 52.2. The van der Waals surface area contributed by atoms with Crippen molar-refractivity contribution in [2.24, 2.45) is 0 Å². The van der Waals surface area contributed by atoms with Gasteiger partial charge in [-0.15, -0.1) is 0 Å². The van der Waals surface area contributed by atoms with Gasteiger partial charge in [-0.05, 0) is 70.3 Å². The van der Waals surface area contributed by atoms with E-state index in [2.05, 4.69) is 286 Å². The summed E-state index contributed by atoms with van der Waals surface area (Å²) in [5.74, 6) is 1.40. The molecule has 0 saturated heterocycles. The van der Waals surface area contributed by atoms with Crippen LogP contribution in [-0.2, 0) is 30.2 Å². The molecule has 0 fully saturated rings. The first kappa shape index (κ1) is 50.3. The molecule has 0 aliphatic carbocycles. The molecule has 0 amide bonds. The number of hydrogen-bond acceptors (Lipinski definition) is 4. The molecule has 1 aliphatic heterocycles. The van der Waals surface area contributed by atoms with Crippen LogP contribution in [0, 0.1) is 22.9 Å². The summed E-state index contributed by atoms with van der Waals surface area (Å²) in [6, 6.07) is 86.5. The third kappa shape index (κ3) is 10.3. The molecular weight excluding hydrogens is 1250 g/mol. The molecule has 6 nitrogen and oxygen atoms in total. The normalized spacial score (nSPS) is 13.1. The van der Waals surface area contributed by atoms with Crippen molar-refractivity contribution in [2.75, 3.05) is 9.80 Å². The summed E-state index contributed by atoms with van der Waals surface area (Å²) in [7, 11) is 0. The molecule has 0 saturated carbocycles. The van der Waals surface area contributed by atoms with Crippen molar-refractivity contribution in [3.05, 3.63) is 300 Å². The van der Waals surface area contributed by atoms with Gasteiger partial charge in [-0.25, -0.2) is 0 Å². The Labute approximate surface area is 534 Å². The van der Waals surface area contributed by atoms with E-state index in [9.17, 15) is 0 Å². The van der Waals surface area contributed by atoms with Crippen molar-refractivity contribution in [1.82, 2.24) is 14.1 Å². The van der Waals surface area contributed by atoms with Crippen molar-refractivity contribution in [3.63, 3.8) is 0 Å². The van der Waals surface area contributed by atoms with E-state index < -0.39 is 18.1 Å². The van der Waals surface area contributed by atoms with Crippen molar-refractivity contribution in [1.29, 1.82) is 0 Å². The quantitative estimate of drug-likeness (QED) is 0.135. The molecule has 3 heterocycles. The minimum absolute atomic E-state index is 0.0831. The van der Waals surface area contributed by atoms with E-state index in [0.29, 0.717) is 34.1 Å². The van der Waals surface area contributed by atoms with Gasteiger partial charge in [0, 0.05) is 23.0 Å². The van der Waals surface area contributed by atoms with Crippen LogP contribution in [0.15, 0.2) is 267 Å². The van der Waals surface area contributed by atoms with Crippen molar-refractivity contribution in [2.45, 2.75) is 59.3 Å². The van der Waals surface area contributed by atoms with Crippen molar-refractivity contribution in [3.8, 4) is 78.5 Å². The molecule has 88 heavy (non-hydrogen) atoms. The fourth-order valence-corrected chi connectivity index (χ4v) is 13.2. The second kappa shape index (κ2) is 22.8. The number of aryl methyl sites for hydroxylation is 1. The zero-order valence-electron chi connectivity index (χ0n) is 55.0. The molecule has 11 aromatic carbocycles. The van der Waals surface area contributed by atoms with Gasteiger partial charge >= 0.3 is 306 Å². The van der Waals surface area contributed by atoms with E-state index >= 15 is 0 Å². The van der Waals surface area contributed by atoms with Gasteiger partial charge in [0.05, 0.1) is 12.5 Å². The van der Waals surface area contributed by atoms with Crippen LogP contribution in [0.3, 0.4) is 0 Å². The molecule has 0 atom stereocenters. The Balaban J connectivity index is 1.00. The van der Waals surface area contributed by atoms with Crippen LogP contribution in [0.4, 0.5) is 34.3 Å². The van der Waals surface area contributed by atoms with Gasteiger partial charge < -0.3 is 4.90 Å². The van der Waals surface area contributed by atoms with E-state index in [0.717, 1.165) is 105 Å². The van der Waals surface area contributed by atoms with Gasteiger partial charge in [0.15, 0.2) is 0 Å². The predicted octanol–water partition coefficient (Wildman–Crippen LogP) is 21.8. The summed E-state index contributed by atoms with van der Waals surface area (Å²) in [5.41, 5.74) is 19.2. The number of nitrogens with zero attached hydrogens (tertiary/aromatic N) is 5. The molecule has 13 aromatic rings. The Morgan fingerprint density at radius 2 is 0.977 bits per heavy atom. The number of fused-ring (bicyclic) bond motifs is 7. The van der Waals surface area contributed by atoms with E-state index in [1.165, 1.54) is 0 Å². The molecule has 2 aromatic heterocycles. The molecule has 0 spiro atoms. The third-order valence-corrected chi connectivity index (χ3v) is 17.5. The number of ether oxygens (including phenoxy) is 1. The minimum atomic E-state index is -0.454. The standard InChI is InChI=1S/C81H65N5O.Pt/c1-55-48-78(82-53-71(55)58-30-16-10-17-31-58)86-72-39-21-20-36-67(72)69-49-59(80(2,3)4)42-46-73(69)85(61-32-18-11-19-33-61)74-47-43-60(81(5,6)7)50-70(74)68-45-44-64(52-77(68)86)87-63-35-24-34-62(51-63)83-54-84(76-41-23-22-40-75(76)83)79-65(56-26-12-8-13-27-56)37-25-38-66(79)57-28-14-9-15-29-57;/h8-50,53H,1-7H3;/q-2;/i10D,16D,17D,30D,31D;. The van der Waals surface area contributed by atoms with Gasteiger partial charge in [0.1, 0.15) is 0 Å². The SMILES string of the molecule is [2H]c1c([2H])c([2H])c(-c2cnc(N3c4[c-]c(Oc5[c-]c(-n6[c](=[Pt])n(-c7c(-c8ccccc8)cccc7-c7ccccc7)c7ccccc76)ccc5)ccc4-c4cc(C(C)(C)C)ccc4N(c4ccccc4)c4ccc(C(C)(C)C)cc4-c4ccccc43)cc2C)c([2H])c1[2H]. The van der Waals surface area contributed by atoms with Crippen LogP contribution >= 0.6 is 0 Å². The summed E-state index contributed by atoms with van der Waals surface area (Å²) in [6.07, 6.45) is 1.63. The van der Waals surface area contributed by atoms with E-state index in [-0.39, 0.29) is 28.5 Å². The number of pyridine rings is 1. The number of aromatic nitrogens is 3. The number of benzene rings is 11. The third-order valence-electron chi connectivity index (χ3n) is 16.5. The predicted molar refractivity (Wildman–Crippen MR) is 360 cm³/mol. The second-order valence-electron chi connectivity index (χ2n) is 24.3. The first-order valence-electron chi connectivity index (χ1n) is 32.1. The number of imidazole rings is 1.